The molecule has 2 heteroatoms. The van der Waals surface area contributed by atoms with Crippen molar-refractivity contribution in [2.24, 2.45) is 0 Å². The van der Waals surface area contributed by atoms with Gasteiger partial charge in [0.1, 0.15) is 0 Å². The van der Waals surface area contributed by atoms with Crippen molar-refractivity contribution in [1.82, 2.24) is 4.98 Å². The smallest absolute Gasteiger partial charge is 0.214 e. The zero-order valence-electron chi connectivity index (χ0n) is 6.37. The molecule has 0 aliphatic heterocycles. The number of pyridine rings is 1. The van der Waals surface area contributed by atoms with Crippen LogP contribution in [0.2, 0.25) is 0 Å². The lowest BCUT2D eigenvalue weighted by Crippen LogP contribution is -1.94. The summed E-state index contributed by atoms with van der Waals surface area (Å²) in [6.07, 6.45) is 1.69. The van der Waals surface area contributed by atoms with Gasteiger partial charge >= 0.3 is 0 Å². The highest BCUT2D eigenvalue weighted by molar-refractivity contribution is 5.10. The third kappa shape index (κ3) is 2.72. The molecule has 0 saturated heterocycles. The van der Waals surface area contributed by atoms with Crippen molar-refractivity contribution >= 4 is 0 Å². The Morgan fingerprint density at radius 3 is 3.09 bits per heavy atom. The number of hydrogen-bond donors (Lipinski definition) is 0. The number of ether oxygens (including phenoxy) is 1. The molecule has 0 saturated carbocycles. The lowest BCUT2D eigenvalue weighted by molar-refractivity contribution is 0.355. The second kappa shape index (κ2) is 4.35. The van der Waals surface area contributed by atoms with Gasteiger partial charge in [-0.25, -0.2) is 4.98 Å². The van der Waals surface area contributed by atoms with E-state index in [1.807, 2.05) is 12.1 Å². The maximum absolute atomic E-state index is 5.16. The number of rotatable bonds is 2. The topological polar surface area (TPSA) is 22.1 Å². The Labute approximate surface area is 66.2 Å². The Kier molecular flexibility index (Phi) is 3.01. The molecule has 0 atom stereocenters. The summed E-state index contributed by atoms with van der Waals surface area (Å²) in [5, 5.41) is 0. The van der Waals surface area contributed by atoms with E-state index in [-0.39, 0.29) is 0 Å². The quantitative estimate of drug-likeness (QED) is 0.591. The van der Waals surface area contributed by atoms with Crippen LogP contribution >= 0.6 is 0 Å². The Morgan fingerprint density at radius 2 is 2.45 bits per heavy atom. The minimum absolute atomic E-state index is 0.410. The van der Waals surface area contributed by atoms with Crippen molar-refractivity contribution < 1.29 is 4.74 Å². The summed E-state index contributed by atoms with van der Waals surface area (Å²) < 4.78 is 5.16. The molecule has 56 valence electrons. The first-order valence-corrected chi connectivity index (χ1v) is 3.37. The Bertz CT molecular complexity index is 258. The molecule has 1 rings (SSSR count). The number of aromatic nitrogens is 1. The Balaban J connectivity index is 2.43. The molecule has 0 amide bonds. The lowest BCUT2D eigenvalue weighted by atomic mass is 10.5. The molecule has 1 aromatic heterocycles. The average Bonchev–Trinajstić information content (AvgIpc) is 2.07. The first kappa shape index (κ1) is 7.62. The molecule has 0 spiro atoms. The minimum atomic E-state index is 0.410. The lowest BCUT2D eigenvalue weighted by Gasteiger charge is -1.97. The van der Waals surface area contributed by atoms with Crippen molar-refractivity contribution in [1.29, 1.82) is 0 Å². The van der Waals surface area contributed by atoms with E-state index in [1.54, 1.807) is 19.2 Å². The summed E-state index contributed by atoms with van der Waals surface area (Å²) in [5.41, 5.74) is 0. The van der Waals surface area contributed by atoms with E-state index < -0.39 is 0 Å². The van der Waals surface area contributed by atoms with Crippen molar-refractivity contribution in [3.8, 4) is 17.7 Å². The molecular formula is C9H9NO. The largest absolute Gasteiger partial charge is 0.464 e. The molecule has 2 nitrogen and oxygen atoms in total. The molecule has 0 fully saturated rings. The highest BCUT2D eigenvalue weighted by Gasteiger charge is 1.87. The average molecular weight is 147 g/mol. The van der Waals surface area contributed by atoms with Gasteiger partial charge in [0.2, 0.25) is 5.88 Å². The van der Waals surface area contributed by atoms with Crippen molar-refractivity contribution in [3.05, 3.63) is 24.4 Å². The Morgan fingerprint density at radius 1 is 1.55 bits per heavy atom. The standard InChI is InChI=1S/C9H9NO/c1-2-3-8-11-9-6-4-5-7-10-9/h4-7H,8H2,1H3. The molecule has 0 N–H and O–H groups in total. The summed E-state index contributed by atoms with van der Waals surface area (Å²) in [6.45, 7) is 2.19. The third-order valence-corrected chi connectivity index (χ3v) is 1.11. The Hall–Kier alpha value is -1.49. The van der Waals surface area contributed by atoms with E-state index in [0.29, 0.717) is 12.5 Å². The van der Waals surface area contributed by atoms with Gasteiger partial charge in [-0.3, -0.25) is 0 Å². The second-order valence-electron chi connectivity index (χ2n) is 1.88. The van der Waals surface area contributed by atoms with Crippen LogP contribution in [0.1, 0.15) is 6.92 Å². The van der Waals surface area contributed by atoms with E-state index in [1.165, 1.54) is 0 Å². The minimum Gasteiger partial charge on any atom is -0.464 e. The molecule has 1 heterocycles. The van der Waals surface area contributed by atoms with Gasteiger partial charge in [-0.2, -0.15) is 0 Å². The highest BCUT2D eigenvalue weighted by atomic mass is 16.5. The van der Waals surface area contributed by atoms with E-state index in [2.05, 4.69) is 16.8 Å². The van der Waals surface area contributed by atoms with Crippen LogP contribution in [0.4, 0.5) is 0 Å². The second-order valence-corrected chi connectivity index (χ2v) is 1.88. The third-order valence-electron chi connectivity index (χ3n) is 1.11. The van der Waals surface area contributed by atoms with Crippen LogP contribution in [-0.4, -0.2) is 11.6 Å². The SMILES string of the molecule is CC#CCOc1ccccn1. The zero-order chi connectivity index (χ0) is 7.94. The van der Waals surface area contributed by atoms with Crippen LogP contribution in [0.3, 0.4) is 0 Å². The summed E-state index contributed by atoms with van der Waals surface area (Å²) in [7, 11) is 0. The summed E-state index contributed by atoms with van der Waals surface area (Å²) in [6, 6.07) is 5.53. The van der Waals surface area contributed by atoms with Crippen LogP contribution in [-0.2, 0) is 0 Å². The van der Waals surface area contributed by atoms with Gasteiger partial charge in [-0.15, -0.1) is 5.92 Å². The van der Waals surface area contributed by atoms with Crippen molar-refractivity contribution in [2.45, 2.75) is 6.92 Å². The number of nitrogens with zero attached hydrogens (tertiary/aromatic N) is 1. The van der Waals surface area contributed by atoms with E-state index in [4.69, 9.17) is 4.74 Å². The molecule has 0 radical (unpaired) electrons. The first-order valence-electron chi connectivity index (χ1n) is 3.37. The van der Waals surface area contributed by atoms with Crippen LogP contribution < -0.4 is 4.74 Å². The van der Waals surface area contributed by atoms with Crippen molar-refractivity contribution in [3.63, 3.8) is 0 Å². The van der Waals surface area contributed by atoms with Crippen LogP contribution in [0.5, 0.6) is 5.88 Å². The van der Waals surface area contributed by atoms with Gasteiger partial charge in [-0.05, 0) is 13.0 Å². The zero-order valence-corrected chi connectivity index (χ0v) is 6.37. The molecule has 0 bridgehead atoms. The maximum Gasteiger partial charge on any atom is 0.214 e. The summed E-state index contributed by atoms with van der Waals surface area (Å²) in [5.74, 6) is 6.14. The predicted octanol–water partition coefficient (Wildman–Crippen LogP) is 1.48. The van der Waals surface area contributed by atoms with Gasteiger partial charge < -0.3 is 4.74 Å². The van der Waals surface area contributed by atoms with Crippen LogP contribution in [0.15, 0.2) is 24.4 Å². The normalized spacial score (nSPS) is 8.09. The molecule has 11 heavy (non-hydrogen) atoms. The van der Waals surface area contributed by atoms with Crippen LogP contribution in [0, 0.1) is 11.8 Å². The van der Waals surface area contributed by atoms with E-state index >= 15 is 0 Å². The van der Waals surface area contributed by atoms with E-state index in [0.717, 1.165) is 0 Å². The van der Waals surface area contributed by atoms with E-state index in [9.17, 15) is 0 Å². The molecular weight excluding hydrogens is 138 g/mol. The molecule has 0 unspecified atom stereocenters. The highest BCUT2D eigenvalue weighted by Crippen LogP contribution is 2.01. The van der Waals surface area contributed by atoms with Gasteiger partial charge in [-0.1, -0.05) is 12.0 Å². The first-order chi connectivity index (χ1) is 5.43. The molecule has 0 aliphatic rings. The summed E-state index contributed by atoms with van der Waals surface area (Å²) >= 11 is 0. The fourth-order valence-corrected chi connectivity index (χ4v) is 0.615. The molecule has 1 aromatic rings. The number of hydrogen-bond acceptors (Lipinski definition) is 2. The maximum atomic E-state index is 5.16. The van der Waals surface area contributed by atoms with Gasteiger partial charge in [0.05, 0.1) is 0 Å². The monoisotopic (exact) mass is 147 g/mol. The fourth-order valence-electron chi connectivity index (χ4n) is 0.615. The van der Waals surface area contributed by atoms with Crippen molar-refractivity contribution in [2.75, 3.05) is 6.61 Å². The fraction of sp³-hybridized carbons (Fsp3) is 0.222. The molecule has 0 aromatic carbocycles. The summed E-state index contributed by atoms with van der Waals surface area (Å²) in [4.78, 5) is 3.96. The van der Waals surface area contributed by atoms with Crippen LogP contribution in [0.25, 0.3) is 0 Å². The predicted molar refractivity (Wildman–Crippen MR) is 43.2 cm³/mol. The van der Waals surface area contributed by atoms with Gasteiger partial charge in [0, 0.05) is 12.3 Å². The van der Waals surface area contributed by atoms with Gasteiger partial charge in [0.25, 0.3) is 0 Å². The molecule has 0 aliphatic carbocycles. The van der Waals surface area contributed by atoms with Gasteiger partial charge in [0.15, 0.2) is 6.61 Å².